The largest absolute Gasteiger partial charge is 0.355 e. The van der Waals surface area contributed by atoms with Gasteiger partial charge in [0.15, 0.2) is 0 Å². The molecule has 0 radical (unpaired) electrons. The summed E-state index contributed by atoms with van der Waals surface area (Å²) in [5, 5.41) is 2.17. The Bertz CT molecular complexity index is 623. The second-order valence-corrected chi connectivity index (χ2v) is 6.74. The number of rotatable bonds is 1. The van der Waals surface area contributed by atoms with Crippen LogP contribution >= 0.6 is 11.3 Å². The fourth-order valence-corrected chi connectivity index (χ4v) is 4.68. The summed E-state index contributed by atoms with van der Waals surface area (Å²) in [6, 6.07) is 0.386. The maximum absolute atomic E-state index is 6.22. The van der Waals surface area contributed by atoms with Crippen molar-refractivity contribution in [3.8, 4) is 0 Å². The molecule has 1 saturated carbocycles. The van der Waals surface area contributed by atoms with Crippen LogP contribution in [0.3, 0.4) is 0 Å². The van der Waals surface area contributed by atoms with Gasteiger partial charge in [-0.15, -0.1) is 11.3 Å². The fraction of sp³-hybridized carbons (Fsp3) is 0.571. The third-order valence-electron chi connectivity index (χ3n) is 4.72. The van der Waals surface area contributed by atoms with Crippen molar-refractivity contribution in [1.82, 2.24) is 9.97 Å². The zero-order valence-corrected chi connectivity index (χ0v) is 11.9. The normalized spacial score (nSPS) is 30.2. The molecule has 0 aromatic carbocycles. The SMILES string of the molecule is Cc1csc2c(N3CC4CCC(N)C4C3)ncnc12. The average molecular weight is 274 g/mol. The first-order chi connectivity index (χ1) is 9.24. The lowest BCUT2D eigenvalue weighted by Gasteiger charge is -2.20. The molecule has 2 aliphatic rings. The molecule has 3 atom stereocenters. The maximum atomic E-state index is 6.22. The standard InChI is InChI=1S/C14H18N4S/c1-8-6-19-13-12(8)16-7-17-14(13)18-4-9-2-3-11(15)10(9)5-18/h6-7,9-11H,2-5,15H2,1H3. The second-order valence-electron chi connectivity index (χ2n) is 5.86. The highest BCUT2D eigenvalue weighted by molar-refractivity contribution is 7.18. The summed E-state index contributed by atoms with van der Waals surface area (Å²) >= 11 is 1.76. The van der Waals surface area contributed by atoms with E-state index >= 15 is 0 Å². The van der Waals surface area contributed by atoms with Gasteiger partial charge in [0.05, 0.1) is 10.2 Å². The average Bonchev–Trinajstić information content (AvgIpc) is 3.07. The number of anilines is 1. The van der Waals surface area contributed by atoms with Gasteiger partial charge in [-0.25, -0.2) is 9.97 Å². The molecule has 1 aliphatic carbocycles. The third-order valence-corrected chi connectivity index (χ3v) is 5.81. The van der Waals surface area contributed by atoms with E-state index in [1.54, 1.807) is 17.7 Å². The van der Waals surface area contributed by atoms with Crippen molar-refractivity contribution in [2.24, 2.45) is 17.6 Å². The van der Waals surface area contributed by atoms with Gasteiger partial charge in [-0.1, -0.05) is 0 Å². The molecule has 100 valence electrons. The lowest BCUT2D eigenvalue weighted by Crippen LogP contribution is -2.30. The van der Waals surface area contributed by atoms with E-state index in [1.807, 2.05) is 0 Å². The van der Waals surface area contributed by atoms with Crippen LogP contribution in [0.4, 0.5) is 5.82 Å². The molecule has 2 N–H and O–H groups in total. The van der Waals surface area contributed by atoms with Gasteiger partial charge < -0.3 is 10.6 Å². The molecule has 2 fully saturated rings. The Morgan fingerprint density at radius 2 is 2.21 bits per heavy atom. The van der Waals surface area contributed by atoms with Crippen molar-refractivity contribution in [3.05, 3.63) is 17.3 Å². The van der Waals surface area contributed by atoms with Crippen molar-refractivity contribution >= 4 is 27.4 Å². The molecule has 1 saturated heterocycles. The number of aryl methyl sites for hydroxylation is 1. The molecular formula is C14H18N4S. The van der Waals surface area contributed by atoms with Crippen LogP contribution in [0.5, 0.6) is 0 Å². The zero-order chi connectivity index (χ0) is 13.0. The van der Waals surface area contributed by atoms with Gasteiger partial charge in [-0.05, 0) is 42.5 Å². The van der Waals surface area contributed by atoms with Crippen molar-refractivity contribution < 1.29 is 0 Å². The van der Waals surface area contributed by atoms with Crippen molar-refractivity contribution in [1.29, 1.82) is 0 Å². The van der Waals surface area contributed by atoms with Gasteiger partial charge in [0.25, 0.3) is 0 Å². The summed E-state index contributed by atoms with van der Waals surface area (Å²) in [6.07, 6.45) is 4.17. The Labute approximate surface area is 116 Å². The number of nitrogens with zero attached hydrogens (tertiary/aromatic N) is 3. The molecule has 2 aromatic rings. The molecule has 3 unspecified atom stereocenters. The molecule has 0 spiro atoms. The quantitative estimate of drug-likeness (QED) is 0.866. The van der Waals surface area contributed by atoms with Gasteiger partial charge in [0.2, 0.25) is 0 Å². The minimum atomic E-state index is 0.386. The Hall–Kier alpha value is -1.20. The summed E-state index contributed by atoms with van der Waals surface area (Å²) in [5.74, 6) is 2.54. The molecule has 0 amide bonds. The highest BCUT2D eigenvalue weighted by Gasteiger charge is 2.41. The Kier molecular flexibility index (Phi) is 2.53. The number of aromatic nitrogens is 2. The predicted octanol–water partition coefficient (Wildman–Crippen LogP) is 2.17. The van der Waals surface area contributed by atoms with Crippen molar-refractivity contribution in [3.63, 3.8) is 0 Å². The molecular weight excluding hydrogens is 256 g/mol. The first-order valence-corrected chi connectivity index (χ1v) is 7.81. The van der Waals surface area contributed by atoms with E-state index < -0.39 is 0 Å². The van der Waals surface area contributed by atoms with E-state index in [0.717, 1.165) is 30.3 Å². The highest BCUT2D eigenvalue weighted by atomic mass is 32.1. The molecule has 0 bridgehead atoms. The van der Waals surface area contributed by atoms with Gasteiger partial charge in [0, 0.05) is 19.1 Å². The van der Waals surface area contributed by atoms with E-state index in [1.165, 1.54) is 23.1 Å². The lowest BCUT2D eigenvalue weighted by molar-refractivity contribution is 0.453. The monoisotopic (exact) mass is 274 g/mol. The van der Waals surface area contributed by atoms with Crippen LogP contribution in [0.1, 0.15) is 18.4 Å². The minimum Gasteiger partial charge on any atom is -0.355 e. The number of fused-ring (bicyclic) bond motifs is 2. The first-order valence-electron chi connectivity index (χ1n) is 6.93. The number of nitrogens with two attached hydrogens (primary N) is 1. The van der Waals surface area contributed by atoms with Gasteiger partial charge in [-0.3, -0.25) is 0 Å². The molecule has 4 rings (SSSR count). The fourth-order valence-electron chi connectivity index (χ4n) is 3.66. The maximum Gasteiger partial charge on any atom is 0.150 e. The Morgan fingerprint density at radius 3 is 3.05 bits per heavy atom. The van der Waals surface area contributed by atoms with E-state index in [0.29, 0.717) is 12.0 Å². The van der Waals surface area contributed by atoms with Crippen LogP contribution in [0.15, 0.2) is 11.7 Å². The smallest absolute Gasteiger partial charge is 0.150 e. The Balaban J connectivity index is 1.72. The van der Waals surface area contributed by atoms with E-state index in [9.17, 15) is 0 Å². The molecule has 2 aromatic heterocycles. The minimum absolute atomic E-state index is 0.386. The van der Waals surface area contributed by atoms with Gasteiger partial charge in [0.1, 0.15) is 12.1 Å². The summed E-state index contributed by atoms with van der Waals surface area (Å²) in [5.41, 5.74) is 8.58. The molecule has 1 aliphatic heterocycles. The topological polar surface area (TPSA) is 55.0 Å². The van der Waals surface area contributed by atoms with Gasteiger partial charge in [-0.2, -0.15) is 0 Å². The van der Waals surface area contributed by atoms with Crippen LogP contribution in [-0.4, -0.2) is 29.1 Å². The number of hydrogen-bond acceptors (Lipinski definition) is 5. The van der Waals surface area contributed by atoms with Crippen LogP contribution in [-0.2, 0) is 0 Å². The van der Waals surface area contributed by atoms with Crippen LogP contribution in [0.2, 0.25) is 0 Å². The van der Waals surface area contributed by atoms with Crippen LogP contribution in [0, 0.1) is 18.8 Å². The predicted molar refractivity (Wildman–Crippen MR) is 78.6 cm³/mol. The first kappa shape index (κ1) is 11.6. The Morgan fingerprint density at radius 1 is 1.32 bits per heavy atom. The van der Waals surface area contributed by atoms with E-state index in [4.69, 9.17) is 5.73 Å². The van der Waals surface area contributed by atoms with Crippen LogP contribution in [0.25, 0.3) is 10.2 Å². The third kappa shape index (κ3) is 1.68. The summed E-state index contributed by atoms with van der Waals surface area (Å²) in [4.78, 5) is 11.4. The van der Waals surface area contributed by atoms with E-state index in [-0.39, 0.29) is 0 Å². The summed E-state index contributed by atoms with van der Waals surface area (Å²) in [6.45, 7) is 4.29. The molecule has 3 heterocycles. The number of hydrogen-bond donors (Lipinski definition) is 1. The highest BCUT2D eigenvalue weighted by Crippen LogP contribution is 2.41. The summed E-state index contributed by atoms with van der Waals surface area (Å²) < 4.78 is 1.23. The van der Waals surface area contributed by atoms with Gasteiger partial charge >= 0.3 is 0 Å². The second kappa shape index (κ2) is 4.15. The van der Waals surface area contributed by atoms with Crippen molar-refractivity contribution in [2.75, 3.05) is 18.0 Å². The summed E-state index contributed by atoms with van der Waals surface area (Å²) in [7, 11) is 0. The molecule has 5 heteroatoms. The number of thiophene rings is 1. The lowest BCUT2D eigenvalue weighted by atomic mass is 9.98. The van der Waals surface area contributed by atoms with Crippen LogP contribution < -0.4 is 10.6 Å². The molecule has 19 heavy (non-hydrogen) atoms. The molecule has 4 nitrogen and oxygen atoms in total. The van der Waals surface area contributed by atoms with Crippen molar-refractivity contribution in [2.45, 2.75) is 25.8 Å². The zero-order valence-electron chi connectivity index (χ0n) is 11.0. The van der Waals surface area contributed by atoms with E-state index in [2.05, 4.69) is 27.2 Å².